The number of carbonyl (C=O) groups excluding carboxylic acids is 2. The van der Waals surface area contributed by atoms with Gasteiger partial charge in [0.05, 0.1) is 6.04 Å². The molecule has 0 spiro atoms. The zero-order valence-electron chi connectivity index (χ0n) is 16.2. The van der Waals surface area contributed by atoms with Gasteiger partial charge in [0.2, 0.25) is 5.43 Å². The third-order valence-corrected chi connectivity index (χ3v) is 6.59. The molecule has 3 aliphatic rings. The van der Waals surface area contributed by atoms with Crippen LogP contribution in [0.2, 0.25) is 0 Å². The molecule has 0 radical (unpaired) electrons. The van der Waals surface area contributed by atoms with Crippen LogP contribution < -0.4 is 10.7 Å². The van der Waals surface area contributed by atoms with E-state index in [-0.39, 0.29) is 17.8 Å². The van der Waals surface area contributed by atoms with Crippen LogP contribution in [0.15, 0.2) is 23.1 Å². The largest absolute Gasteiger partial charge is 0.503 e. The van der Waals surface area contributed by atoms with E-state index in [0.29, 0.717) is 24.6 Å². The van der Waals surface area contributed by atoms with E-state index in [1.807, 2.05) is 0 Å². The zero-order valence-corrected chi connectivity index (χ0v) is 16.2. The van der Waals surface area contributed by atoms with Crippen molar-refractivity contribution in [1.82, 2.24) is 14.8 Å². The molecule has 2 aliphatic heterocycles. The summed E-state index contributed by atoms with van der Waals surface area (Å²) in [6.45, 7) is -0.282. The Morgan fingerprint density at radius 3 is 2.58 bits per heavy atom. The highest BCUT2D eigenvalue weighted by Crippen LogP contribution is 2.45. The van der Waals surface area contributed by atoms with Crippen LogP contribution in [-0.4, -0.2) is 38.5 Å². The number of piperidine rings is 1. The van der Waals surface area contributed by atoms with Crippen LogP contribution in [0.3, 0.4) is 0 Å². The van der Waals surface area contributed by atoms with Crippen LogP contribution >= 0.6 is 0 Å². The third-order valence-electron chi connectivity index (χ3n) is 6.59. The first kappa shape index (κ1) is 19.7. The van der Waals surface area contributed by atoms with E-state index in [0.717, 1.165) is 19.3 Å². The van der Waals surface area contributed by atoms with E-state index in [2.05, 4.69) is 5.32 Å². The second kappa shape index (κ2) is 6.86. The Morgan fingerprint density at radius 1 is 1.16 bits per heavy atom. The molecular formula is C21H18F3N3O4. The quantitative estimate of drug-likeness (QED) is 0.774. The van der Waals surface area contributed by atoms with Gasteiger partial charge in [0.25, 0.3) is 11.8 Å². The molecule has 1 saturated carbocycles. The van der Waals surface area contributed by atoms with Gasteiger partial charge in [0, 0.05) is 43.0 Å². The average molecular weight is 433 g/mol. The van der Waals surface area contributed by atoms with Gasteiger partial charge in [0.15, 0.2) is 11.4 Å². The molecule has 3 heterocycles. The van der Waals surface area contributed by atoms with E-state index in [9.17, 15) is 32.7 Å². The molecular weight excluding hydrogens is 415 g/mol. The summed E-state index contributed by atoms with van der Waals surface area (Å²) in [6.07, 6.45) is 3.99. The lowest BCUT2D eigenvalue weighted by atomic mass is 9.95. The smallest absolute Gasteiger partial charge is 0.275 e. The fraction of sp³-hybridized carbons (Fsp3) is 0.381. The number of nitrogens with zero attached hydrogens (tertiary/aromatic N) is 2. The Morgan fingerprint density at radius 2 is 1.87 bits per heavy atom. The van der Waals surface area contributed by atoms with Crippen molar-refractivity contribution in [1.29, 1.82) is 0 Å². The maximum absolute atomic E-state index is 13.8. The molecule has 1 aliphatic carbocycles. The summed E-state index contributed by atoms with van der Waals surface area (Å²) in [5.74, 6) is -5.33. The second-order valence-electron chi connectivity index (χ2n) is 8.26. The summed E-state index contributed by atoms with van der Waals surface area (Å²) < 4.78 is 42.0. The standard InChI is InChI=1S/C21H18F3N3O4/c22-10-4-14(23)12(15(24)5-10)6-25-20(30)13-7-26-8-16-9-1-2-11(3-9)27(16)21(31)17(26)19(29)18(13)28/h4-5,7,9,11,16,29H,1-3,6,8H2,(H,25,30). The van der Waals surface area contributed by atoms with E-state index >= 15 is 0 Å². The van der Waals surface area contributed by atoms with Gasteiger partial charge in [-0.15, -0.1) is 0 Å². The topological polar surface area (TPSA) is 91.6 Å². The summed E-state index contributed by atoms with van der Waals surface area (Å²) in [5, 5.41) is 12.6. The lowest BCUT2D eigenvalue weighted by molar-refractivity contribution is 0.0482. The molecule has 3 unspecified atom stereocenters. The van der Waals surface area contributed by atoms with Crippen molar-refractivity contribution in [3.8, 4) is 5.75 Å². The first-order chi connectivity index (χ1) is 14.8. The Bertz CT molecular complexity index is 1170. The van der Waals surface area contributed by atoms with E-state index < -0.39 is 58.1 Å². The number of fused-ring (bicyclic) bond motifs is 6. The van der Waals surface area contributed by atoms with Gasteiger partial charge in [0.1, 0.15) is 23.0 Å². The molecule has 2 bridgehead atoms. The minimum Gasteiger partial charge on any atom is -0.503 e. The van der Waals surface area contributed by atoms with Gasteiger partial charge in [-0.1, -0.05) is 0 Å². The molecule has 3 atom stereocenters. The summed E-state index contributed by atoms with van der Waals surface area (Å²) in [7, 11) is 0. The van der Waals surface area contributed by atoms with Gasteiger partial charge >= 0.3 is 0 Å². The number of hydrogen-bond acceptors (Lipinski definition) is 4. The van der Waals surface area contributed by atoms with Crippen molar-refractivity contribution in [3.63, 3.8) is 0 Å². The minimum absolute atomic E-state index is 0.0565. The number of rotatable bonds is 3. The highest BCUT2D eigenvalue weighted by atomic mass is 19.1. The van der Waals surface area contributed by atoms with Crippen molar-refractivity contribution in [3.05, 3.63) is 62.8 Å². The number of aromatic nitrogens is 1. The molecule has 10 heteroatoms. The van der Waals surface area contributed by atoms with Crippen LogP contribution in [0.4, 0.5) is 13.2 Å². The van der Waals surface area contributed by atoms with Gasteiger partial charge in [-0.05, 0) is 25.2 Å². The molecule has 5 rings (SSSR count). The number of benzene rings is 1. The van der Waals surface area contributed by atoms with E-state index in [4.69, 9.17) is 0 Å². The maximum atomic E-state index is 13.8. The van der Waals surface area contributed by atoms with Gasteiger partial charge in [-0.3, -0.25) is 14.4 Å². The Balaban J connectivity index is 1.44. The molecule has 2 amide bonds. The fourth-order valence-corrected chi connectivity index (χ4v) is 5.15. The lowest BCUT2D eigenvalue weighted by Gasteiger charge is -2.40. The third kappa shape index (κ3) is 2.92. The maximum Gasteiger partial charge on any atom is 0.275 e. The van der Waals surface area contributed by atoms with Crippen molar-refractivity contribution < 1.29 is 27.9 Å². The first-order valence-corrected chi connectivity index (χ1v) is 9.97. The summed E-state index contributed by atoms with van der Waals surface area (Å²) >= 11 is 0. The molecule has 7 nitrogen and oxygen atoms in total. The summed E-state index contributed by atoms with van der Waals surface area (Å²) in [5.41, 5.74) is -2.21. The van der Waals surface area contributed by atoms with Crippen molar-refractivity contribution in [2.75, 3.05) is 0 Å². The molecule has 1 aromatic carbocycles. The normalized spacial score (nSPS) is 23.6. The van der Waals surface area contributed by atoms with Crippen LogP contribution in [0.5, 0.6) is 5.75 Å². The van der Waals surface area contributed by atoms with Crippen LogP contribution in [0.1, 0.15) is 45.7 Å². The van der Waals surface area contributed by atoms with Crippen LogP contribution in [-0.2, 0) is 13.1 Å². The Kier molecular flexibility index (Phi) is 4.35. The number of hydrogen-bond donors (Lipinski definition) is 2. The van der Waals surface area contributed by atoms with E-state index in [1.54, 1.807) is 4.90 Å². The highest BCUT2D eigenvalue weighted by molar-refractivity contribution is 5.99. The first-order valence-electron chi connectivity index (χ1n) is 9.97. The lowest BCUT2D eigenvalue weighted by Crippen LogP contribution is -2.52. The minimum atomic E-state index is -1.18. The van der Waals surface area contributed by atoms with Gasteiger partial charge < -0.3 is 19.9 Å². The summed E-state index contributed by atoms with van der Waals surface area (Å²) in [4.78, 5) is 39.8. The zero-order chi connectivity index (χ0) is 22.0. The van der Waals surface area contributed by atoms with Gasteiger partial charge in [-0.25, -0.2) is 13.2 Å². The number of amides is 2. The highest BCUT2D eigenvalue weighted by Gasteiger charge is 2.51. The number of carbonyl (C=O) groups is 2. The van der Waals surface area contributed by atoms with Crippen molar-refractivity contribution >= 4 is 11.8 Å². The SMILES string of the molecule is O=C(NCc1c(F)cc(F)cc1F)c1cn2c(c(O)c1=O)C(=O)N1C3CCC(C3)C1C2. The van der Waals surface area contributed by atoms with Crippen LogP contribution in [0.25, 0.3) is 0 Å². The average Bonchev–Trinajstić information content (AvgIpc) is 3.31. The fourth-order valence-electron chi connectivity index (χ4n) is 5.15. The molecule has 31 heavy (non-hydrogen) atoms. The predicted molar refractivity (Wildman–Crippen MR) is 101 cm³/mol. The monoisotopic (exact) mass is 433 g/mol. The summed E-state index contributed by atoms with van der Waals surface area (Å²) in [6, 6.07) is 1.02. The van der Waals surface area contributed by atoms with E-state index in [1.165, 1.54) is 10.8 Å². The number of nitrogens with one attached hydrogen (secondary N) is 1. The van der Waals surface area contributed by atoms with Crippen molar-refractivity contribution in [2.45, 2.75) is 44.4 Å². The van der Waals surface area contributed by atoms with Crippen LogP contribution in [0, 0.1) is 23.4 Å². The molecule has 162 valence electrons. The number of pyridine rings is 1. The second-order valence-corrected chi connectivity index (χ2v) is 8.26. The molecule has 2 fully saturated rings. The molecule has 1 aromatic heterocycles. The molecule has 2 aromatic rings. The Labute approximate surface area is 174 Å². The predicted octanol–water partition coefficient (Wildman–Crippen LogP) is 1.91. The Hall–Kier alpha value is -3.30. The van der Waals surface area contributed by atoms with Crippen molar-refractivity contribution in [2.24, 2.45) is 5.92 Å². The van der Waals surface area contributed by atoms with Gasteiger partial charge in [-0.2, -0.15) is 0 Å². The molecule has 1 saturated heterocycles. The number of aromatic hydroxyl groups is 1. The number of halogens is 3. The molecule has 2 N–H and O–H groups in total.